The zero-order valence-corrected chi connectivity index (χ0v) is 14.2. The van der Waals surface area contributed by atoms with Gasteiger partial charge in [0.1, 0.15) is 5.75 Å². The Bertz CT molecular complexity index is 768. The van der Waals surface area contributed by atoms with Crippen molar-refractivity contribution in [1.82, 2.24) is 5.32 Å². The SMILES string of the molecule is C=C[C@H](c1cccs1)[C@H](NCc1ccccc1O)c1ccccc1. The van der Waals surface area contributed by atoms with Crippen molar-refractivity contribution >= 4 is 11.3 Å². The molecule has 0 aliphatic carbocycles. The van der Waals surface area contributed by atoms with E-state index < -0.39 is 0 Å². The lowest BCUT2D eigenvalue weighted by molar-refractivity contribution is 0.450. The highest BCUT2D eigenvalue weighted by molar-refractivity contribution is 7.10. The van der Waals surface area contributed by atoms with Crippen molar-refractivity contribution in [3.63, 3.8) is 0 Å². The Labute approximate surface area is 147 Å². The number of hydrogen-bond donors (Lipinski definition) is 2. The number of para-hydroxylation sites is 1. The van der Waals surface area contributed by atoms with E-state index in [1.807, 2.05) is 30.3 Å². The maximum absolute atomic E-state index is 10.0. The van der Waals surface area contributed by atoms with Gasteiger partial charge in [-0.1, -0.05) is 60.7 Å². The second-order valence-corrected chi connectivity index (χ2v) is 6.65. The molecular weight excluding hydrogens is 314 g/mol. The topological polar surface area (TPSA) is 32.3 Å². The lowest BCUT2D eigenvalue weighted by Gasteiger charge is -2.26. The van der Waals surface area contributed by atoms with Gasteiger partial charge in [-0.05, 0) is 23.1 Å². The summed E-state index contributed by atoms with van der Waals surface area (Å²) in [6.45, 7) is 4.65. The predicted molar refractivity (Wildman–Crippen MR) is 101 cm³/mol. The molecule has 24 heavy (non-hydrogen) atoms. The number of thiophene rings is 1. The number of benzene rings is 2. The molecule has 0 bridgehead atoms. The third-order valence-corrected chi connectivity index (χ3v) is 5.12. The van der Waals surface area contributed by atoms with E-state index in [1.54, 1.807) is 17.4 Å². The summed E-state index contributed by atoms with van der Waals surface area (Å²) < 4.78 is 0. The highest BCUT2D eigenvalue weighted by Crippen LogP contribution is 2.35. The molecule has 1 aromatic heterocycles. The number of rotatable bonds is 7. The van der Waals surface area contributed by atoms with E-state index in [2.05, 4.69) is 53.7 Å². The standard InChI is InChI=1S/C21H21NOS/c1-2-18(20-13-8-14-24-20)21(16-9-4-3-5-10-16)22-15-17-11-6-7-12-19(17)23/h2-14,18,21-23H,1,15H2/t18-,21-/m1/s1. The first-order valence-electron chi connectivity index (χ1n) is 8.00. The summed E-state index contributed by atoms with van der Waals surface area (Å²) in [5.74, 6) is 0.501. The first-order chi connectivity index (χ1) is 11.8. The summed E-state index contributed by atoms with van der Waals surface area (Å²) in [5, 5.41) is 15.7. The average Bonchev–Trinajstić information content (AvgIpc) is 3.15. The highest BCUT2D eigenvalue weighted by Gasteiger charge is 2.23. The van der Waals surface area contributed by atoms with E-state index >= 15 is 0 Å². The number of phenols is 1. The Balaban J connectivity index is 1.88. The van der Waals surface area contributed by atoms with Gasteiger partial charge < -0.3 is 10.4 Å². The molecule has 0 spiro atoms. The van der Waals surface area contributed by atoms with Gasteiger partial charge in [-0.2, -0.15) is 0 Å². The molecule has 0 aliphatic rings. The molecule has 2 atom stereocenters. The lowest BCUT2D eigenvalue weighted by atomic mass is 9.91. The van der Waals surface area contributed by atoms with Crippen molar-refractivity contribution in [2.24, 2.45) is 0 Å². The molecular formula is C21H21NOS. The fraction of sp³-hybridized carbons (Fsp3) is 0.143. The van der Waals surface area contributed by atoms with Gasteiger partial charge in [-0.25, -0.2) is 0 Å². The molecule has 1 heterocycles. The summed E-state index contributed by atoms with van der Waals surface area (Å²) in [7, 11) is 0. The van der Waals surface area contributed by atoms with Crippen molar-refractivity contribution in [2.75, 3.05) is 0 Å². The monoisotopic (exact) mass is 335 g/mol. The van der Waals surface area contributed by atoms with Crippen molar-refractivity contribution < 1.29 is 5.11 Å². The summed E-state index contributed by atoms with van der Waals surface area (Å²) >= 11 is 1.74. The molecule has 0 unspecified atom stereocenters. The van der Waals surface area contributed by atoms with E-state index in [0.717, 1.165) is 5.56 Å². The smallest absolute Gasteiger partial charge is 0.120 e. The van der Waals surface area contributed by atoms with Crippen LogP contribution in [0.15, 0.2) is 84.8 Å². The van der Waals surface area contributed by atoms with E-state index in [1.165, 1.54) is 10.4 Å². The van der Waals surface area contributed by atoms with Crippen LogP contribution in [-0.2, 0) is 6.54 Å². The summed E-state index contributed by atoms with van der Waals surface area (Å²) in [6, 6.07) is 22.2. The largest absolute Gasteiger partial charge is 0.508 e. The van der Waals surface area contributed by atoms with Crippen LogP contribution in [0, 0.1) is 0 Å². The van der Waals surface area contributed by atoms with Crippen LogP contribution in [0.3, 0.4) is 0 Å². The van der Waals surface area contributed by atoms with Gasteiger partial charge in [0.15, 0.2) is 0 Å². The number of nitrogens with one attached hydrogen (secondary N) is 1. The molecule has 0 amide bonds. The fourth-order valence-corrected chi connectivity index (χ4v) is 3.75. The zero-order chi connectivity index (χ0) is 16.8. The first-order valence-corrected chi connectivity index (χ1v) is 8.88. The minimum atomic E-state index is 0.0990. The van der Waals surface area contributed by atoms with Crippen molar-refractivity contribution in [3.8, 4) is 5.75 Å². The second kappa shape index (κ2) is 7.95. The molecule has 3 heteroatoms. The first kappa shape index (κ1) is 16.5. The van der Waals surface area contributed by atoms with Crippen LogP contribution in [0.4, 0.5) is 0 Å². The molecule has 122 valence electrons. The van der Waals surface area contributed by atoms with Crippen LogP contribution >= 0.6 is 11.3 Å². The van der Waals surface area contributed by atoms with Gasteiger partial charge in [0.25, 0.3) is 0 Å². The van der Waals surface area contributed by atoms with E-state index in [0.29, 0.717) is 12.3 Å². The lowest BCUT2D eigenvalue weighted by Crippen LogP contribution is -2.25. The molecule has 0 aliphatic heterocycles. The van der Waals surface area contributed by atoms with Gasteiger partial charge in [-0.15, -0.1) is 17.9 Å². The molecule has 0 saturated heterocycles. The van der Waals surface area contributed by atoms with Crippen molar-refractivity contribution in [2.45, 2.75) is 18.5 Å². The molecule has 3 aromatic rings. The van der Waals surface area contributed by atoms with Gasteiger partial charge in [0.05, 0.1) is 0 Å². The molecule has 2 N–H and O–H groups in total. The molecule has 0 fully saturated rings. The van der Waals surface area contributed by atoms with Crippen LogP contribution in [0.5, 0.6) is 5.75 Å². The van der Waals surface area contributed by atoms with Gasteiger partial charge in [0, 0.05) is 28.9 Å². The van der Waals surface area contributed by atoms with Gasteiger partial charge in [0.2, 0.25) is 0 Å². The van der Waals surface area contributed by atoms with Crippen LogP contribution in [0.25, 0.3) is 0 Å². The number of hydrogen-bond acceptors (Lipinski definition) is 3. The average molecular weight is 335 g/mol. The minimum Gasteiger partial charge on any atom is -0.508 e. The van der Waals surface area contributed by atoms with Crippen molar-refractivity contribution in [3.05, 3.63) is 101 Å². The zero-order valence-electron chi connectivity index (χ0n) is 13.4. The molecule has 2 nitrogen and oxygen atoms in total. The Hall–Kier alpha value is -2.36. The number of aromatic hydroxyl groups is 1. The molecule has 2 aromatic carbocycles. The van der Waals surface area contributed by atoms with E-state index in [4.69, 9.17) is 0 Å². The summed E-state index contributed by atoms with van der Waals surface area (Å²) in [5.41, 5.74) is 2.11. The maximum atomic E-state index is 10.0. The third kappa shape index (κ3) is 3.75. The normalized spacial score (nSPS) is 13.3. The van der Waals surface area contributed by atoms with Gasteiger partial charge in [-0.3, -0.25) is 0 Å². The molecule has 0 saturated carbocycles. The third-order valence-electron chi connectivity index (χ3n) is 4.15. The Kier molecular flexibility index (Phi) is 5.47. The predicted octanol–water partition coefficient (Wildman–Crippen LogP) is 5.25. The minimum absolute atomic E-state index is 0.0990. The fourth-order valence-electron chi connectivity index (χ4n) is 2.89. The van der Waals surface area contributed by atoms with E-state index in [-0.39, 0.29) is 12.0 Å². The van der Waals surface area contributed by atoms with Crippen LogP contribution < -0.4 is 5.32 Å². The summed E-state index contributed by atoms with van der Waals surface area (Å²) in [4.78, 5) is 1.28. The van der Waals surface area contributed by atoms with Crippen LogP contribution in [0.2, 0.25) is 0 Å². The van der Waals surface area contributed by atoms with Crippen LogP contribution in [-0.4, -0.2) is 5.11 Å². The second-order valence-electron chi connectivity index (χ2n) is 5.67. The van der Waals surface area contributed by atoms with E-state index in [9.17, 15) is 5.11 Å². The Morgan fingerprint density at radius 1 is 1.00 bits per heavy atom. The molecule has 0 radical (unpaired) electrons. The Morgan fingerprint density at radius 3 is 2.42 bits per heavy atom. The highest BCUT2D eigenvalue weighted by atomic mass is 32.1. The van der Waals surface area contributed by atoms with Crippen LogP contribution in [0.1, 0.15) is 28.0 Å². The summed E-state index contributed by atoms with van der Waals surface area (Å²) in [6.07, 6.45) is 2.00. The molecule has 3 rings (SSSR count). The van der Waals surface area contributed by atoms with Crippen molar-refractivity contribution in [1.29, 1.82) is 0 Å². The quantitative estimate of drug-likeness (QED) is 0.578. The Morgan fingerprint density at radius 2 is 1.75 bits per heavy atom. The van der Waals surface area contributed by atoms with Gasteiger partial charge >= 0.3 is 0 Å². The maximum Gasteiger partial charge on any atom is 0.120 e. The number of phenolic OH excluding ortho intramolecular Hbond substituents is 1.